The molecule has 1 N–H and O–H groups in total. The topological polar surface area (TPSA) is 58.6 Å². The summed E-state index contributed by atoms with van der Waals surface area (Å²) < 4.78 is 19.5. The Morgan fingerprint density at radius 2 is 1.73 bits per heavy atom. The van der Waals surface area contributed by atoms with Gasteiger partial charge < -0.3 is 10.1 Å². The van der Waals surface area contributed by atoms with Crippen LogP contribution in [0, 0.1) is 12.7 Å². The Labute approximate surface area is 196 Å². The van der Waals surface area contributed by atoms with Crippen molar-refractivity contribution >= 4 is 40.4 Å². The van der Waals surface area contributed by atoms with Crippen LogP contribution in [-0.2, 0) is 9.59 Å². The zero-order valence-electron chi connectivity index (χ0n) is 18.2. The van der Waals surface area contributed by atoms with Crippen molar-refractivity contribution < 1.29 is 18.7 Å². The summed E-state index contributed by atoms with van der Waals surface area (Å²) >= 11 is 6.24. The standard InChI is InChI=1S/C26H22ClFN2O3/c1-3-14-33-20-12-10-17(11-13-20)23-24(29-22-9-5-8-21(27)16(22)2)26(32)30(25(23)31)19-7-4-6-18(28)15-19/h4-13,15,29H,3,14H2,1-2H3. The van der Waals surface area contributed by atoms with E-state index in [1.165, 1.54) is 18.2 Å². The minimum atomic E-state index is -0.578. The number of imide groups is 1. The van der Waals surface area contributed by atoms with Crippen molar-refractivity contribution in [2.24, 2.45) is 0 Å². The number of carbonyl (C=O) groups excluding carboxylic acids is 2. The van der Waals surface area contributed by atoms with Crippen LogP contribution in [-0.4, -0.2) is 18.4 Å². The normalized spacial score (nSPS) is 13.6. The van der Waals surface area contributed by atoms with Crippen LogP contribution < -0.4 is 15.0 Å². The summed E-state index contributed by atoms with van der Waals surface area (Å²) in [6.07, 6.45) is 0.871. The molecule has 0 saturated heterocycles. The number of benzene rings is 3. The van der Waals surface area contributed by atoms with Crippen LogP contribution >= 0.6 is 11.6 Å². The Balaban J connectivity index is 1.79. The van der Waals surface area contributed by atoms with Crippen molar-refractivity contribution in [2.75, 3.05) is 16.8 Å². The first-order valence-electron chi connectivity index (χ1n) is 10.5. The van der Waals surface area contributed by atoms with Crippen molar-refractivity contribution in [3.8, 4) is 5.75 Å². The molecule has 0 aliphatic carbocycles. The van der Waals surface area contributed by atoms with Gasteiger partial charge >= 0.3 is 0 Å². The summed E-state index contributed by atoms with van der Waals surface area (Å²) in [6, 6.07) is 17.6. The van der Waals surface area contributed by atoms with Gasteiger partial charge in [0, 0.05) is 10.7 Å². The summed E-state index contributed by atoms with van der Waals surface area (Å²) in [4.78, 5) is 27.9. The molecule has 0 radical (unpaired) electrons. The van der Waals surface area contributed by atoms with Crippen molar-refractivity contribution in [2.45, 2.75) is 20.3 Å². The molecule has 5 nitrogen and oxygen atoms in total. The van der Waals surface area contributed by atoms with E-state index >= 15 is 0 Å². The lowest BCUT2D eigenvalue weighted by Gasteiger charge is -2.16. The van der Waals surface area contributed by atoms with Gasteiger partial charge in [-0.15, -0.1) is 0 Å². The van der Waals surface area contributed by atoms with Gasteiger partial charge in [0.25, 0.3) is 11.8 Å². The summed E-state index contributed by atoms with van der Waals surface area (Å²) in [5, 5.41) is 3.63. The molecule has 0 saturated carbocycles. The maximum atomic E-state index is 13.9. The first kappa shape index (κ1) is 22.6. The third kappa shape index (κ3) is 4.47. The average Bonchev–Trinajstić information content (AvgIpc) is 3.05. The van der Waals surface area contributed by atoms with Crippen LogP contribution in [0.5, 0.6) is 5.75 Å². The van der Waals surface area contributed by atoms with Gasteiger partial charge in [-0.05, 0) is 66.9 Å². The molecule has 3 aromatic rings. The predicted molar refractivity (Wildman–Crippen MR) is 128 cm³/mol. The Morgan fingerprint density at radius 3 is 2.42 bits per heavy atom. The molecule has 2 amide bonds. The van der Waals surface area contributed by atoms with Gasteiger partial charge in [-0.25, -0.2) is 9.29 Å². The Hall–Kier alpha value is -3.64. The maximum Gasteiger partial charge on any atom is 0.282 e. The largest absolute Gasteiger partial charge is 0.494 e. The lowest BCUT2D eigenvalue weighted by atomic mass is 10.0. The van der Waals surface area contributed by atoms with E-state index in [0.717, 1.165) is 23.0 Å². The Kier molecular flexibility index (Phi) is 6.47. The lowest BCUT2D eigenvalue weighted by molar-refractivity contribution is -0.120. The molecule has 1 aliphatic rings. The average molecular weight is 465 g/mol. The summed E-state index contributed by atoms with van der Waals surface area (Å²) in [5.74, 6) is -0.999. The molecule has 7 heteroatoms. The number of ether oxygens (including phenoxy) is 1. The number of hydrogen-bond acceptors (Lipinski definition) is 4. The van der Waals surface area contributed by atoms with E-state index < -0.39 is 17.6 Å². The molecule has 4 rings (SSSR count). The highest BCUT2D eigenvalue weighted by atomic mass is 35.5. The molecule has 0 unspecified atom stereocenters. The van der Waals surface area contributed by atoms with E-state index in [1.54, 1.807) is 42.5 Å². The second kappa shape index (κ2) is 9.46. The summed E-state index contributed by atoms with van der Waals surface area (Å²) in [6.45, 7) is 4.41. The van der Waals surface area contributed by atoms with E-state index in [2.05, 4.69) is 5.32 Å². The zero-order valence-corrected chi connectivity index (χ0v) is 18.9. The summed E-state index contributed by atoms with van der Waals surface area (Å²) in [5.41, 5.74) is 2.31. The molecule has 3 aromatic carbocycles. The molecule has 0 bridgehead atoms. The number of rotatable bonds is 7. The number of nitrogens with zero attached hydrogens (tertiary/aromatic N) is 1. The number of nitrogens with one attached hydrogen (secondary N) is 1. The van der Waals surface area contributed by atoms with Crippen molar-refractivity contribution in [1.82, 2.24) is 0 Å². The van der Waals surface area contributed by atoms with Crippen LogP contribution in [0.25, 0.3) is 5.57 Å². The van der Waals surface area contributed by atoms with Gasteiger partial charge in [0.05, 0.1) is 17.9 Å². The van der Waals surface area contributed by atoms with E-state index in [4.69, 9.17) is 16.3 Å². The molecule has 0 aromatic heterocycles. The van der Waals surface area contributed by atoms with Crippen LogP contribution in [0.3, 0.4) is 0 Å². The van der Waals surface area contributed by atoms with Crippen LogP contribution in [0.2, 0.25) is 5.02 Å². The fourth-order valence-electron chi connectivity index (χ4n) is 3.58. The SMILES string of the molecule is CCCOc1ccc(C2=C(Nc3cccc(Cl)c3C)C(=O)N(c3cccc(F)c3)C2=O)cc1. The maximum absolute atomic E-state index is 13.9. The molecule has 0 fully saturated rings. The van der Waals surface area contributed by atoms with Gasteiger partial charge in [-0.1, -0.05) is 42.8 Å². The first-order chi connectivity index (χ1) is 15.9. The van der Waals surface area contributed by atoms with Gasteiger partial charge in [-0.3, -0.25) is 9.59 Å². The molecular weight excluding hydrogens is 443 g/mol. The molecular formula is C26H22ClFN2O3. The minimum absolute atomic E-state index is 0.0943. The van der Waals surface area contributed by atoms with Crippen molar-refractivity contribution in [3.63, 3.8) is 0 Å². The smallest absolute Gasteiger partial charge is 0.282 e. The van der Waals surface area contributed by atoms with Gasteiger partial charge in [0.15, 0.2) is 0 Å². The van der Waals surface area contributed by atoms with E-state index in [0.29, 0.717) is 28.6 Å². The van der Waals surface area contributed by atoms with Crippen LogP contribution in [0.1, 0.15) is 24.5 Å². The lowest BCUT2D eigenvalue weighted by Crippen LogP contribution is -2.32. The third-order valence-corrected chi connectivity index (χ3v) is 5.70. The highest BCUT2D eigenvalue weighted by Crippen LogP contribution is 2.35. The van der Waals surface area contributed by atoms with Gasteiger partial charge in [0.1, 0.15) is 17.3 Å². The Morgan fingerprint density at radius 1 is 1.00 bits per heavy atom. The quantitative estimate of drug-likeness (QED) is 0.437. The zero-order chi connectivity index (χ0) is 23.5. The highest BCUT2D eigenvalue weighted by Gasteiger charge is 2.40. The fourth-order valence-corrected chi connectivity index (χ4v) is 3.75. The van der Waals surface area contributed by atoms with Crippen LogP contribution in [0.15, 0.2) is 72.4 Å². The first-order valence-corrected chi connectivity index (χ1v) is 10.9. The second-order valence-corrected chi connectivity index (χ2v) is 7.99. The molecule has 1 aliphatic heterocycles. The molecule has 168 valence electrons. The number of hydrogen-bond donors (Lipinski definition) is 1. The highest BCUT2D eigenvalue weighted by molar-refractivity contribution is 6.46. The second-order valence-electron chi connectivity index (χ2n) is 7.59. The van der Waals surface area contributed by atoms with Crippen LogP contribution in [0.4, 0.5) is 15.8 Å². The summed E-state index contributed by atoms with van der Waals surface area (Å²) in [7, 11) is 0. The molecule has 0 spiro atoms. The van der Waals surface area contributed by atoms with E-state index in [-0.39, 0.29) is 17.0 Å². The number of amides is 2. The predicted octanol–water partition coefficient (Wildman–Crippen LogP) is 5.97. The number of anilines is 2. The van der Waals surface area contributed by atoms with Crippen molar-refractivity contribution in [1.29, 1.82) is 0 Å². The molecule has 33 heavy (non-hydrogen) atoms. The van der Waals surface area contributed by atoms with Crippen molar-refractivity contribution in [3.05, 3.63) is 94.4 Å². The monoisotopic (exact) mass is 464 g/mol. The fraction of sp³-hybridized carbons (Fsp3) is 0.154. The Bertz CT molecular complexity index is 1250. The minimum Gasteiger partial charge on any atom is -0.494 e. The molecule has 1 heterocycles. The van der Waals surface area contributed by atoms with Gasteiger partial charge in [-0.2, -0.15) is 0 Å². The third-order valence-electron chi connectivity index (χ3n) is 5.29. The number of halogens is 2. The number of carbonyl (C=O) groups is 2. The van der Waals surface area contributed by atoms with E-state index in [1.807, 2.05) is 13.8 Å². The van der Waals surface area contributed by atoms with Gasteiger partial charge in [0.2, 0.25) is 0 Å². The molecule has 0 atom stereocenters. The van der Waals surface area contributed by atoms with E-state index in [9.17, 15) is 14.0 Å².